The molecule has 0 amide bonds. The number of hydrogen-bond acceptors (Lipinski definition) is 2. The molecule has 1 unspecified atom stereocenters. The molecule has 2 N–H and O–H groups in total. The summed E-state index contributed by atoms with van der Waals surface area (Å²) in [6.07, 6.45) is 2.31. The average molecular weight is 218 g/mol. The van der Waals surface area contributed by atoms with E-state index in [1.54, 1.807) is 7.11 Å². The van der Waals surface area contributed by atoms with Crippen LogP contribution >= 0.6 is 0 Å². The van der Waals surface area contributed by atoms with Gasteiger partial charge in [-0.3, -0.25) is 0 Å². The summed E-state index contributed by atoms with van der Waals surface area (Å²) < 4.78 is 7.51. The van der Waals surface area contributed by atoms with Crippen molar-refractivity contribution in [1.29, 1.82) is 0 Å². The number of para-hydroxylation sites is 1. The first-order valence-corrected chi connectivity index (χ1v) is 5.56. The van der Waals surface area contributed by atoms with Gasteiger partial charge in [-0.15, -0.1) is 0 Å². The maximum absolute atomic E-state index is 5.76. The molecule has 86 valence electrons. The summed E-state index contributed by atoms with van der Waals surface area (Å²) in [7, 11) is 1.74. The molecule has 1 heterocycles. The molecule has 3 nitrogen and oxygen atoms in total. The van der Waals surface area contributed by atoms with Crippen LogP contribution in [0, 0.1) is 0 Å². The van der Waals surface area contributed by atoms with Gasteiger partial charge in [0.15, 0.2) is 0 Å². The highest BCUT2D eigenvalue weighted by Crippen LogP contribution is 2.20. The van der Waals surface area contributed by atoms with E-state index in [0.29, 0.717) is 6.54 Å². The highest BCUT2D eigenvalue weighted by molar-refractivity contribution is 5.83. The van der Waals surface area contributed by atoms with Crippen molar-refractivity contribution in [3.05, 3.63) is 36.0 Å². The summed E-state index contributed by atoms with van der Waals surface area (Å²) in [5.41, 5.74) is 8.18. The van der Waals surface area contributed by atoms with E-state index in [1.807, 2.05) is 0 Å². The van der Waals surface area contributed by atoms with Crippen LogP contribution in [-0.2, 0) is 17.8 Å². The minimum Gasteiger partial charge on any atom is -0.380 e. The van der Waals surface area contributed by atoms with Crippen molar-refractivity contribution >= 4 is 10.9 Å². The molecule has 0 fully saturated rings. The number of aromatic nitrogens is 1. The number of ether oxygens (including phenoxy) is 1. The monoisotopic (exact) mass is 218 g/mol. The van der Waals surface area contributed by atoms with Crippen LogP contribution in [0.15, 0.2) is 30.5 Å². The number of methoxy groups -OCH3 is 1. The fraction of sp³-hybridized carbons (Fsp3) is 0.385. The van der Waals surface area contributed by atoms with Crippen molar-refractivity contribution in [3.63, 3.8) is 0 Å². The zero-order valence-electron chi connectivity index (χ0n) is 9.81. The lowest BCUT2D eigenvalue weighted by molar-refractivity contribution is 0.104. The lowest BCUT2D eigenvalue weighted by Crippen LogP contribution is -2.14. The molecule has 0 aliphatic rings. The summed E-state index contributed by atoms with van der Waals surface area (Å²) in [5.74, 6) is 0. The van der Waals surface area contributed by atoms with Gasteiger partial charge in [-0.05, 0) is 23.9 Å². The van der Waals surface area contributed by atoms with Gasteiger partial charge in [0.1, 0.15) is 0 Å². The molecule has 0 saturated carbocycles. The first-order valence-electron chi connectivity index (χ1n) is 5.56. The van der Waals surface area contributed by atoms with Crippen molar-refractivity contribution in [2.45, 2.75) is 26.1 Å². The normalized spacial score (nSPS) is 13.2. The summed E-state index contributed by atoms with van der Waals surface area (Å²) in [4.78, 5) is 0. The Hall–Kier alpha value is -1.32. The summed E-state index contributed by atoms with van der Waals surface area (Å²) >= 11 is 0. The maximum Gasteiger partial charge on any atom is 0.0722 e. The molecule has 0 saturated heterocycles. The van der Waals surface area contributed by atoms with Gasteiger partial charge in [0.2, 0.25) is 0 Å². The van der Waals surface area contributed by atoms with E-state index in [1.165, 1.54) is 16.5 Å². The second kappa shape index (κ2) is 4.68. The Bertz CT molecular complexity index is 476. The molecule has 1 aromatic carbocycles. The van der Waals surface area contributed by atoms with E-state index in [9.17, 15) is 0 Å². The van der Waals surface area contributed by atoms with Crippen LogP contribution in [-0.4, -0.2) is 17.8 Å². The van der Waals surface area contributed by atoms with E-state index in [-0.39, 0.29) is 6.10 Å². The van der Waals surface area contributed by atoms with Crippen LogP contribution in [0.4, 0.5) is 0 Å². The Morgan fingerprint density at radius 3 is 2.88 bits per heavy atom. The molecule has 0 radical (unpaired) electrons. The molecule has 1 aromatic heterocycles. The van der Waals surface area contributed by atoms with Crippen LogP contribution in [0.5, 0.6) is 0 Å². The Kier molecular flexibility index (Phi) is 3.27. The predicted molar refractivity (Wildman–Crippen MR) is 66.3 cm³/mol. The zero-order chi connectivity index (χ0) is 11.5. The minimum absolute atomic E-state index is 0.210. The second-order valence-electron chi connectivity index (χ2n) is 4.07. The van der Waals surface area contributed by atoms with Crippen LogP contribution in [0.3, 0.4) is 0 Å². The van der Waals surface area contributed by atoms with Crippen molar-refractivity contribution in [3.8, 4) is 0 Å². The number of fused-ring (bicyclic) bond motifs is 1. The first-order chi connectivity index (χ1) is 7.76. The van der Waals surface area contributed by atoms with Gasteiger partial charge in [0, 0.05) is 26.4 Å². The standard InChI is InChI=1S/C13H18N2O/c1-10(16-2)9-15-7-6-11-4-3-5-12(8-14)13(11)15/h3-7,10H,8-9,14H2,1-2H3. The van der Waals surface area contributed by atoms with E-state index in [4.69, 9.17) is 10.5 Å². The fourth-order valence-electron chi connectivity index (χ4n) is 2.01. The Morgan fingerprint density at radius 2 is 2.19 bits per heavy atom. The third kappa shape index (κ3) is 1.96. The SMILES string of the molecule is COC(C)Cn1ccc2cccc(CN)c21. The van der Waals surface area contributed by atoms with Crippen LogP contribution < -0.4 is 5.73 Å². The Labute approximate surface area is 95.8 Å². The first kappa shape index (κ1) is 11.2. The van der Waals surface area contributed by atoms with Gasteiger partial charge in [-0.25, -0.2) is 0 Å². The summed E-state index contributed by atoms with van der Waals surface area (Å²) in [5, 5.41) is 1.24. The molecule has 1 atom stereocenters. The van der Waals surface area contributed by atoms with Crippen molar-refractivity contribution in [1.82, 2.24) is 4.57 Å². The van der Waals surface area contributed by atoms with Crippen molar-refractivity contribution < 1.29 is 4.74 Å². The maximum atomic E-state index is 5.76. The van der Waals surface area contributed by atoms with Gasteiger partial charge in [-0.2, -0.15) is 0 Å². The molecular weight excluding hydrogens is 200 g/mol. The predicted octanol–water partition coefficient (Wildman–Crippen LogP) is 2.13. The molecule has 16 heavy (non-hydrogen) atoms. The van der Waals surface area contributed by atoms with E-state index in [0.717, 1.165) is 6.54 Å². The van der Waals surface area contributed by atoms with Crippen molar-refractivity contribution in [2.24, 2.45) is 5.73 Å². The topological polar surface area (TPSA) is 40.2 Å². The van der Waals surface area contributed by atoms with Crippen LogP contribution in [0.1, 0.15) is 12.5 Å². The molecule has 0 aliphatic heterocycles. The quantitative estimate of drug-likeness (QED) is 0.854. The largest absolute Gasteiger partial charge is 0.380 e. The average Bonchev–Trinajstić information content (AvgIpc) is 2.72. The van der Waals surface area contributed by atoms with Gasteiger partial charge in [-0.1, -0.05) is 18.2 Å². The van der Waals surface area contributed by atoms with Gasteiger partial charge in [0.25, 0.3) is 0 Å². The Balaban J connectivity index is 2.45. The second-order valence-corrected chi connectivity index (χ2v) is 4.07. The number of nitrogens with two attached hydrogens (primary N) is 1. The number of rotatable bonds is 4. The molecule has 0 spiro atoms. The van der Waals surface area contributed by atoms with E-state index >= 15 is 0 Å². The van der Waals surface area contributed by atoms with Gasteiger partial charge < -0.3 is 15.0 Å². The lowest BCUT2D eigenvalue weighted by Gasteiger charge is -2.13. The Morgan fingerprint density at radius 1 is 1.38 bits per heavy atom. The fourth-order valence-corrected chi connectivity index (χ4v) is 2.01. The smallest absolute Gasteiger partial charge is 0.0722 e. The van der Waals surface area contributed by atoms with Gasteiger partial charge >= 0.3 is 0 Å². The number of benzene rings is 1. The van der Waals surface area contributed by atoms with Crippen LogP contribution in [0.2, 0.25) is 0 Å². The third-order valence-electron chi connectivity index (χ3n) is 2.95. The lowest BCUT2D eigenvalue weighted by atomic mass is 10.1. The molecule has 0 aliphatic carbocycles. The highest BCUT2D eigenvalue weighted by atomic mass is 16.5. The van der Waals surface area contributed by atoms with Crippen LogP contribution in [0.25, 0.3) is 10.9 Å². The summed E-state index contributed by atoms with van der Waals surface area (Å²) in [6, 6.07) is 8.37. The molecule has 0 bridgehead atoms. The van der Waals surface area contributed by atoms with Crippen molar-refractivity contribution in [2.75, 3.05) is 7.11 Å². The van der Waals surface area contributed by atoms with E-state index in [2.05, 4.69) is 42.0 Å². The highest BCUT2D eigenvalue weighted by Gasteiger charge is 2.07. The molecule has 3 heteroatoms. The van der Waals surface area contributed by atoms with E-state index < -0.39 is 0 Å². The summed E-state index contributed by atoms with van der Waals surface area (Å²) in [6.45, 7) is 3.50. The third-order valence-corrected chi connectivity index (χ3v) is 2.95. The minimum atomic E-state index is 0.210. The molecule has 2 aromatic rings. The zero-order valence-corrected chi connectivity index (χ0v) is 9.81. The molecular formula is C13H18N2O. The number of hydrogen-bond donors (Lipinski definition) is 1. The molecule has 2 rings (SSSR count). The van der Waals surface area contributed by atoms with Gasteiger partial charge in [0.05, 0.1) is 11.6 Å². The number of nitrogens with zero attached hydrogens (tertiary/aromatic N) is 1.